The summed E-state index contributed by atoms with van der Waals surface area (Å²) in [4.78, 5) is 14.8. The molecular weight excluding hydrogens is 284 g/mol. The molecule has 0 spiro atoms. The predicted octanol–water partition coefficient (Wildman–Crippen LogP) is 3.07. The summed E-state index contributed by atoms with van der Waals surface area (Å²) in [7, 11) is 0. The Morgan fingerprint density at radius 3 is 2.74 bits per heavy atom. The second kappa shape index (κ2) is 5.20. The Morgan fingerprint density at radius 1 is 1.17 bits per heavy atom. The van der Waals surface area contributed by atoms with E-state index in [1.165, 1.54) is 22.3 Å². The number of nitrogens with two attached hydrogens (primary N) is 1. The van der Waals surface area contributed by atoms with Gasteiger partial charge in [-0.2, -0.15) is 0 Å². The van der Waals surface area contributed by atoms with Gasteiger partial charge in [-0.1, -0.05) is 37.3 Å². The average Bonchev–Trinajstić information content (AvgIpc) is 3.15. The number of nitrogens with zero attached hydrogens (tertiary/aromatic N) is 1. The van der Waals surface area contributed by atoms with Crippen LogP contribution in [0.4, 0.5) is 0 Å². The molecule has 2 aromatic carbocycles. The minimum absolute atomic E-state index is 0.0720. The van der Waals surface area contributed by atoms with Crippen LogP contribution < -0.4 is 5.73 Å². The van der Waals surface area contributed by atoms with Crippen molar-refractivity contribution in [2.24, 2.45) is 11.1 Å². The molecule has 0 aromatic heterocycles. The molecule has 0 saturated carbocycles. The number of likely N-dealkylation sites (tertiary alicyclic amines) is 1. The van der Waals surface area contributed by atoms with E-state index in [2.05, 4.69) is 43.3 Å². The summed E-state index contributed by atoms with van der Waals surface area (Å²) in [6.07, 6.45) is 1.92. The zero-order valence-corrected chi connectivity index (χ0v) is 13.5. The Labute approximate surface area is 137 Å². The van der Waals surface area contributed by atoms with E-state index in [1.807, 2.05) is 11.0 Å². The Kier molecular flexibility index (Phi) is 3.27. The second-order valence-corrected chi connectivity index (χ2v) is 7.20. The van der Waals surface area contributed by atoms with Crippen molar-refractivity contribution in [1.29, 1.82) is 0 Å². The monoisotopic (exact) mass is 306 g/mol. The summed E-state index contributed by atoms with van der Waals surface area (Å²) in [5.74, 6) is 0.140. The zero-order valence-electron chi connectivity index (χ0n) is 13.5. The molecule has 0 bridgehead atoms. The molecule has 23 heavy (non-hydrogen) atoms. The highest BCUT2D eigenvalue weighted by molar-refractivity contribution is 5.96. The number of hydrogen-bond donors (Lipinski definition) is 1. The maximum Gasteiger partial charge on any atom is 0.253 e. The molecule has 1 fully saturated rings. The molecule has 1 atom stereocenters. The minimum atomic E-state index is 0.0720. The Balaban J connectivity index is 1.60. The Hall–Kier alpha value is -2.13. The van der Waals surface area contributed by atoms with Gasteiger partial charge in [0, 0.05) is 18.7 Å². The van der Waals surface area contributed by atoms with E-state index in [4.69, 9.17) is 5.73 Å². The van der Waals surface area contributed by atoms with Crippen LogP contribution in [0.2, 0.25) is 0 Å². The highest BCUT2D eigenvalue weighted by atomic mass is 16.2. The normalized spacial score (nSPS) is 22.1. The number of benzene rings is 2. The fourth-order valence-corrected chi connectivity index (χ4v) is 3.82. The van der Waals surface area contributed by atoms with Gasteiger partial charge in [0.1, 0.15) is 0 Å². The fourth-order valence-electron chi connectivity index (χ4n) is 3.82. The van der Waals surface area contributed by atoms with Crippen molar-refractivity contribution in [2.45, 2.75) is 19.8 Å². The van der Waals surface area contributed by atoms with E-state index in [9.17, 15) is 4.79 Å². The predicted molar refractivity (Wildman–Crippen MR) is 92.4 cm³/mol. The summed E-state index contributed by atoms with van der Waals surface area (Å²) in [5, 5.41) is 0. The SMILES string of the molecule is CC1(CN)CCN(C(=O)c2ccc3c(c2)Cc2ccccc2-3)C1. The lowest BCUT2D eigenvalue weighted by Gasteiger charge is -2.22. The molecule has 2 N–H and O–H groups in total. The summed E-state index contributed by atoms with van der Waals surface area (Å²) in [6.45, 7) is 4.37. The highest BCUT2D eigenvalue weighted by Gasteiger charge is 2.35. The van der Waals surface area contributed by atoms with Gasteiger partial charge in [-0.15, -0.1) is 0 Å². The van der Waals surface area contributed by atoms with Crippen molar-refractivity contribution < 1.29 is 4.79 Å². The third kappa shape index (κ3) is 2.36. The smallest absolute Gasteiger partial charge is 0.253 e. The molecule has 0 radical (unpaired) electrons. The molecule has 2 aliphatic rings. The maximum absolute atomic E-state index is 12.8. The first kappa shape index (κ1) is 14.5. The lowest BCUT2D eigenvalue weighted by atomic mass is 9.90. The molecule has 118 valence electrons. The van der Waals surface area contributed by atoms with Crippen molar-refractivity contribution in [3.8, 4) is 11.1 Å². The average molecular weight is 306 g/mol. The van der Waals surface area contributed by atoms with E-state index in [0.29, 0.717) is 6.54 Å². The first-order chi connectivity index (χ1) is 11.1. The van der Waals surface area contributed by atoms with Crippen molar-refractivity contribution in [3.63, 3.8) is 0 Å². The molecule has 4 rings (SSSR count). The van der Waals surface area contributed by atoms with E-state index >= 15 is 0 Å². The third-order valence-corrected chi connectivity index (χ3v) is 5.38. The first-order valence-corrected chi connectivity index (χ1v) is 8.30. The molecule has 1 amide bonds. The van der Waals surface area contributed by atoms with Gasteiger partial charge in [0.15, 0.2) is 0 Å². The van der Waals surface area contributed by atoms with Crippen LogP contribution in [0.5, 0.6) is 0 Å². The van der Waals surface area contributed by atoms with Crippen molar-refractivity contribution in [1.82, 2.24) is 4.90 Å². The lowest BCUT2D eigenvalue weighted by molar-refractivity contribution is 0.0777. The molecule has 1 unspecified atom stereocenters. The van der Waals surface area contributed by atoms with Crippen LogP contribution in [0.3, 0.4) is 0 Å². The van der Waals surface area contributed by atoms with Crippen LogP contribution in [0.25, 0.3) is 11.1 Å². The fraction of sp³-hybridized carbons (Fsp3) is 0.350. The van der Waals surface area contributed by atoms with Crippen LogP contribution in [-0.2, 0) is 6.42 Å². The molecular formula is C20H22N2O. The van der Waals surface area contributed by atoms with Crippen LogP contribution in [-0.4, -0.2) is 30.4 Å². The zero-order chi connectivity index (χ0) is 16.0. The van der Waals surface area contributed by atoms with Gasteiger partial charge < -0.3 is 10.6 Å². The highest BCUT2D eigenvalue weighted by Crippen LogP contribution is 2.37. The standard InChI is InChI=1S/C20H22N2O/c1-20(12-21)8-9-22(13-20)19(23)15-6-7-18-16(11-15)10-14-4-2-3-5-17(14)18/h2-7,11H,8-10,12-13,21H2,1H3. The van der Waals surface area contributed by atoms with Gasteiger partial charge in [-0.25, -0.2) is 0 Å². The van der Waals surface area contributed by atoms with Gasteiger partial charge in [0.05, 0.1) is 0 Å². The molecule has 3 nitrogen and oxygen atoms in total. The van der Waals surface area contributed by atoms with Crippen LogP contribution >= 0.6 is 0 Å². The van der Waals surface area contributed by atoms with Gasteiger partial charge in [-0.05, 0) is 59.2 Å². The number of hydrogen-bond acceptors (Lipinski definition) is 2. The molecule has 1 aliphatic carbocycles. The summed E-state index contributed by atoms with van der Waals surface area (Å²) < 4.78 is 0. The summed E-state index contributed by atoms with van der Waals surface area (Å²) in [6, 6.07) is 14.6. The van der Waals surface area contributed by atoms with Gasteiger partial charge in [-0.3, -0.25) is 4.79 Å². The topological polar surface area (TPSA) is 46.3 Å². The van der Waals surface area contributed by atoms with E-state index in [0.717, 1.165) is 31.5 Å². The minimum Gasteiger partial charge on any atom is -0.338 e. The lowest BCUT2D eigenvalue weighted by Crippen LogP contribution is -2.34. The van der Waals surface area contributed by atoms with Crippen molar-refractivity contribution >= 4 is 5.91 Å². The van der Waals surface area contributed by atoms with E-state index in [1.54, 1.807) is 0 Å². The van der Waals surface area contributed by atoms with Gasteiger partial charge in [0.25, 0.3) is 5.91 Å². The molecule has 1 aliphatic heterocycles. The molecule has 3 heteroatoms. The van der Waals surface area contributed by atoms with Gasteiger partial charge >= 0.3 is 0 Å². The van der Waals surface area contributed by atoms with Crippen LogP contribution in [0.1, 0.15) is 34.8 Å². The van der Waals surface area contributed by atoms with Crippen LogP contribution in [0, 0.1) is 5.41 Å². The Bertz CT molecular complexity index is 783. The quantitative estimate of drug-likeness (QED) is 0.791. The second-order valence-electron chi connectivity index (χ2n) is 7.20. The summed E-state index contributed by atoms with van der Waals surface area (Å²) in [5.41, 5.74) is 11.9. The number of carbonyl (C=O) groups is 1. The van der Waals surface area contributed by atoms with E-state index in [-0.39, 0.29) is 11.3 Å². The third-order valence-electron chi connectivity index (χ3n) is 5.38. The largest absolute Gasteiger partial charge is 0.338 e. The molecule has 2 aromatic rings. The first-order valence-electron chi connectivity index (χ1n) is 8.30. The Morgan fingerprint density at radius 2 is 1.96 bits per heavy atom. The number of amides is 1. The maximum atomic E-state index is 12.8. The van der Waals surface area contributed by atoms with Crippen LogP contribution in [0.15, 0.2) is 42.5 Å². The summed E-state index contributed by atoms with van der Waals surface area (Å²) >= 11 is 0. The van der Waals surface area contributed by atoms with E-state index < -0.39 is 0 Å². The van der Waals surface area contributed by atoms with Gasteiger partial charge in [0.2, 0.25) is 0 Å². The number of rotatable bonds is 2. The van der Waals surface area contributed by atoms with Crippen molar-refractivity contribution in [2.75, 3.05) is 19.6 Å². The number of carbonyl (C=O) groups excluding carboxylic acids is 1. The molecule has 1 heterocycles. The van der Waals surface area contributed by atoms with Crippen molar-refractivity contribution in [3.05, 3.63) is 59.2 Å². The number of fused-ring (bicyclic) bond motifs is 3. The molecule has 1 saturated heterocycles.